The lowest BCUT2D eigenvalue weighted by molar-refractivity contribution is -0.138. The largest absolute Gasteiger partial charge is 0.416 e. The van der Waals surface area contributed by atoms with Crippen molar-refractivity contribution < 1.29 is 22.4 Å². The Labute approximate surface area is 192 Å². The van der Waals surface area contributed by atoms with E-state index in [0.717, 1.165) is 15.2 Å². The Morgan fingerprint density at radius 2 is 1.74 bits per heavy atom. The van der Waals surface area contributed by atoms with E-state index < -0.39 is 24.3 Å². The normalized spacial score (nSPS) is 15.8. The summed E-state index contributed by atoms with van der Waals surface area (Å²) in [7, 11) is 0. The van der Waals surface area contributed by atoms with E-state index in [9.17, 15) is 22.4 Å². The van der Waals surface area contributed by atoms with Gasteiger partial charge in [0.05, 0.1) is 5.56 Å². The molecule has 1 aliphatic heterocycles. The van der Waals surface area contributed by atoms with Crippen LogP contribution in [-0.2, 0) is 12.7 Å². The molecule has 4 nitrogen and oxygen atoms in total. The zero-order valence-corrected chi connectivity index (χ0v) is 19.3. The molecule has 0 unspecified atom stereocenters. The van der Waals surface area contributed by atoms with Crippen molar-refractivity contribution in [3.8, 4) is 0 Å². The number of hydrogen-bond acceptors (Lipinski definition) is 3. The van der Waals surface area contributed by atoms with Crippen molar-refractivity contribution >= 4 is 34.2 Å². The summed E-state index contributed by atoms with van der Waals surface area (Å²) >= 11 is 2.11. The first kappa shape index (κ1) is 23.9. The molecule has 0 atom stereocenters. The number of piperazine rings is 1. The van der Waals surface area contributed by atoms with E-state index in [1.807, 2.05) is 16.7 Å². The number of alkyl halides is 4. The van der Waals surface area contributed by atoms with Crippen molar-refractivity contribution in [2.75, 3.05) is 44.7 Å². The summed E-state index contributed by atoms with van der Waals surface area (Å²) < 4.78 is 54.5. The highest BCUT2D eigenvalue weighted by Crippen LogP contribution is 2.34. The van der Waals surface area contributed by atoms with E-state index in [1.54, 1.807) is 18.2 Å². The third kappa shape index (κ3) is 6.39. The summed E-state index contributed by atoms with van der Waals surface area (Å²) in [6, 6.07) is 9.06. The van der Waals surface area contributed by atoms with E-state index in [2.05, 4.69) is 27.9 Å². The predicted octanol–water partition coefficient (Wildman–Crippen LogP) is 4.96. The van der Waals surface area contributed by atoms with Gasteiger partial charge in [-0.15, -0.1) is 0 Å². The SMILES string of the molecule is Cc1ccc(C(=O)Nc2ccc(CN3CCN(CCF)CC3)c(C(F)(F)F)c2)cc1I. The molecular formula is C22H24F4IN3O. The highest BCUT2D eigenvalue weighted by molar-refractivity contribution is 14.1. The lowest BCUT2D eigenvalue weighted by Crippen LogP contribution is -2.46. The van der Waals surface area contributed by atoms with Gasteiger partial charge in [0, 0.05) is 54.1 Å². The molecule has 3 rings (SSSR count). The van der Waals surface area contributed by atoms with E-state index >= 15 is 0 Å². The molecule has 0 bridgehead atoms. The van der Waals surface area contributed by atoms with Crippen LogP contribution in [0.2, 0.25) is 0 Å². The molecule has 0 radical (unpaired) electrons. The molecule has 9 heteroatoms. The lowest BCUT2D eigenvalue weighted by atomic mass is 10.0. The third-order valence-electron chi connectivity index (χ3n) is 5.37. The number of halogens is 5. The van der Waals surface area contributed by atoms with Crippen LogP contribution in [0.3, 0.4) is 0 Å². The molecular weight excluding hydrogens is 525 g/mol. The number of carbonyl (C=O) groups excluding carboxylic acids is 1. The van der Waals surface area contributed by atoms with Gasteiger partial charge in [0.1, 0.15) is 6.67 Å². The second-order valence-corrected chi connectivity index (χ2v) is 8.76. The third-order valence-corrected chi connectivity index (χ3v) is 6.53. The number of amides is 1. The maximum absolute atomic E-state index is 13.7. The van der Waals surface area contributed by atoms with E-state index in [-0.39, 0.29) is 17.8 Å². The van der Waals surface area contributed by atoms with Gasteiger partial charge < -0.3 is 5.32 Å². The fraction of sp³-hybridized carbons (Fsp3) is 0.409. The van der Waals surface area contributed by atoms with E-state index in [1.165, 1.54) is 12.1 Å². The van der Waals surface area contributed by atoms with Gasteiger partial charge >= 0.3 is 6.18 Å². The maximum atomic E-state index is 13.7. The Bertz CT molecular complexity index is 927. The van der Waals surface area contributed by atoms with Gasteiger partial charge in [-0.3, -0.25) is 14.6 Å². The molecule has 168 valence electrons. The Hall–Kier alpha value is -1.72. The summed E-state index contributed by atoms with van der Waals surface area (Å²) in [6.45, 7) is 4.44. The zero-order valence-electron chi connectivity index (χ0n) is 17.1. The van der Waals surface area contributed by atoms with Crippen molar-refractivity contribution in [2.45, 2.75) is 19.6 Å². The molecule has 0 spiro atoms. The van der Waals surface area contributed by atoms with Crippen LogP contribution in [-0.4, -0.2) is 55.1 Å². The average molecular weight is 549 g/mol. The molecule has 0 aromatic heterocycles. The van der Waals surface area contributed by atoms with Gasteiger partial charge in [0.25, 0.3) is 5.91 Å². The predicted molar refractivity (Wildman–Crippen MR) is 121 cm³/mol. The van der Waals surface area contributed by atoms with Crippen molar-refractivity contribution in [3.05, 3.63) is 62.2 Å². The Morgan fingerprint density at radius 3 is 2.35 bits per heavy atom. The molecule has 1 aliphatic rings. The Balaban J connectivity index is 1.74. The first-order chi connectivity index (χ1) is 14.7. The van der Waals surface area contributed by atoms with Crippen LogP contribution >= 0.6 is 22.6 Å². The smallest absolute Gasteiger partial charge is 0.322 e. The van der Waals surface area contributed by atoms with Gasteiger partial charge in [-0.05, 0) is 64.9 Å². The van der Waals surface area contributed by atoms with Crippen LogP contribution in [0.15, 0.2) is 36.4 Å². The number of nitrogens with zero attached hydrogens (tertiary/aromatic N) is 2. The zero-order chi connectivity index (χ0) is 22.6. The fourth-order valence-electron chi connectivity index (χ4n) is 3.52. The molecule has 1 fully saturated rings. The lowest BCUT2D eigenvalue weighted by Gasteiger charge is -2.34. The van der Waals surface area contributed by atoms with Crippen LogP contribution in [0.1, 0.15) is 27.0 Å². The minimum atomic E-state index is -4.54. The molecule has 1 N–H and O–H groups in total. The van der Waals surface area contributed by atoms with Gasteiger partial charge in [-0.1, -0.05) is 12.1 Å². The van der Waals surface area contributed by atoms with Crippen LogP contribution in [0.4, 0.5) is 23.2 Å². The first-order valence-electron chi connectivity index (χ1n) is 9.95. The monoisotopic (exact) mass is 549 g/mol. The van der Waals surface area contributed by atoms with Crippen LogP contribution < -0.4 is 5.32 Å². The highest BCUT2D eigenvalue weighted by atomic mass is 127. The molecule has 0 saturated carbocycles. The van der Waals surface area contributed by atoms with Gasteiger partial charge in [-0.25, -0.2) is 4.39 Å². The fourth-order valence-corrected chi connectivity index (χ4v) is 4.04. The summed E-state index contributed by atoms with van der Waals surface area (Å²) in [5.74, 6) is -0.456. The molecule has 2 aromatic rings. The van der Waals surface area contributed by atoms with Gasteiger partial charge in [0.15, 0.2) is 0 Å². The molecule has 1 amide bonds. The first-order valence-corrected chi connectivity index (χ1v) is 11.0. The summed E-state index contributed by atoms with van der Waals surface area (Å²) in [4.78, 5) is 16.4. The second kappa shape index (κ2) is 10.3. The summed E-state index contributed by atoms with van der Waals surface area (Å²) in [5, 5.41) is 2.57. The Kier molecular flexibility index (Phi) is 7.92. The minimum Gasteiger partial charge on any atom is -0.322 e. The van der Waals surface area contributed by atoms with Crippen LogP contribution in [0.25, 0.3) is 0 Å². The van der Waals surface area contributed by atoms with Crippen LogP contribution in [0.5, 0.6) is 0 Å². The standard InChI is InChI=1S/C22H24F4IN3O/c1-15-2-3-16(12-20(15)27)21(31)28-18-5-4-17(19(13-18)22(24,25)26)14-30-10-8-29(7-6-23)9-11-30/h2-5,12-13H,6-11,14H2,1H3,(H,28,31). The van der Waals surface area contributed by atoms with E-state index in [0.29, 0.717) is 38.3 Å². The number of benzene rings is 2. The van der Waals surface area contributed by atoms with Crippen molar-refractivity contribution in [2.24, 2.45) is 0 Å². The molecule has 0 aliphatic carbocycles. The quantitative estimate of drug-likeness (QED) is 0.409. The number of rotatable bonds is 6. The van der Waals surface area contributed by atoms with Gasteiger partial charge in [0.2, 0.25) is 0 Å². The van der Waals surface area contributed by atoms with Crippen molar-refractivity contribution in [1.29, 1.82) is 0 Å². The minimum absolute atomic E-state index is 0.101. The molecule has 2 aromatic carbocycles. The maximum Gasteiger partial charge on any atom is 0.416 e. The summed E-state index contributed by atoms with van der Waals surface area (Å²) in [5.41, 5.74) is 0.916. The number of nitrogens with one attached hydrogen (secondary N) is 1. The second-order valence-electron chi connectivity index (χ2n) is 7.59. The number of aryl methyl sites for hydroxylation is 1. The topological polar surface area (TPSA) is 35.6 Å². The molecule has 1 heterocycles. The Morgan fingerprint density at radius 1 is 1.06 bits per heavy atom. The number of hydrogen-bond donors (Lipinski definition) is 1. The average Bonchev–Trinajstić information content (AvgIpc) is 2.72. The molecule has 31 heavy (non-hydrogen) atoms. The van der Waals surface area contributed by atoms with Crippen molar-refractivity contribution in [1.82, 2.24) is 9.80 Å². The number of anilines is 1. The molecule has 1 saturated heterocycles. The summed E-state index contributed by atoms with van der Waals surface area (Å²) in [6.07, 6.45) is -4.54. The van der Waals surface area contributed by atoms with E-state index in [4.69, 9.17) is 0 Å². The highest BCUT2D eigenvalue weighted by Gasteiger charge is 2.34. The van der Waals surface area contributed by atoms with Gasteiger partial charge in [-0.2, -0.15) is 13.2 Å². The van der Waals surface area contributed by atoms with Crippen LogP contribution in [0, 0.1) is 10.5 Å². The van der Waals surface area contributed by atoms with Crippen molar-refractivity contribution in [3.63, 3.8) is 0 Å². The number of carbonyl (C=O) groups is 1.